The molecule has 0 aliphatic heterocycles. The van der Waals surface area contributed by atoms with Crippen molar-refractivity contribution in [1.29, 1.82) is 0 Å². The summed E-state index contributed by atoms with van der Waals surface area (Å²) in [5, 5.41) is 7.60. The van der Waals surface area contributed by atoms with Crippen LogP contribution in [-0.2, 0) is 27.3 Å². The molecule has 1 aromatic heterocycles. The normalized spacial score (nSPS) is 13.0. The van der Waals surface area contributed by atoms with E-state index in [0.29, 0.717) is 18.0 Å². The molecule has 2 aromatic carbocycles. The molecule has 3 rings (SSSR count). The van der Waals surface area contributed by atoms with Crippen LogP contribution in [0.3, 0.4) is 0 Å². The zero-order valence-corrected chi connectivity index (χ0v) is 18.2. The maximum atomic E-state index is 12.8. The summed E-state index contributed by atoms with van der Waals surface area (Å²) in [6.45, 7) is 0.449. The zero-order chi connectivity index (χ0) is 21.5. The number of rotatable bonds is 9. The lowest BCUT2D eigenvalue weighted by atomic mass is 10.0. The van der Waals surface area contributed by atoms with Crippen LogP contribution in [0, 0.1) is 0 Å². The molecule has 1 heterocycles. The van der Waals surface area contributed by atoms with Crippen LogP contribution in [-0.4, -0.2) is 41.8 Å². The Morgan fingerprint density at radius 1 is 1.17 bits per heavy atom. The average molecular weight is 446 g/mol. The molecule has 158 valence electrons. The Hall–Kier alpha value is -2.48. The highest BCUT2D eigenvalue weighted by molar-refractivity contribution is 7.80. The van der Waals surface area contributed by atoms with Gasteiger partial charge in [0.1, 0.15) is 6.04 Å². The molecule has 0 aliphatic rings. The lowest BCUT2D eigenvalue weighted by molar-refractivity contribution is -0.145. The van der Waals surface area contributed by atoms with Gasteiger partial charge < -0.3 is 20.4 Å². The number of thiol groups is 1. The lowest BCUT2D eigenvalue weighted by Gasteiger charge is -2.21. The first-order valence-electron chi connectivity index (χ1n) is 9.53. The second kappa shape index (κ2) is 10.5. The van der Waals surface area contributed by atoms with Crippen LogP contribution >= 0.6 is 24.2 Å². The van der Waals surface area contributed by atoms with E-state index in [1.807, 2.05) is 48.7 Å². The van der Waals surface area contributed by atoms with Crippen molar-refractivity contribution in [2.45, 2.75) is 25.0 Å². The minimum absolute atomic E-state index is 0.271. The third-order valence-corrected chi connectivity index (χ3v) is 5.44. The van der Waals surface area contributed by atoms with Gasteiger partial charge in [-0.15, -0.1) is 0 Å². The minimum atomic E-state index is -0.808. The van der Waals surface area contributed by atoms with Gasteiger partial charge in [-0.2, -0.15) is 12.6 Å². The molecule has 0 spiro atoms. The number of fused-ring (bicyclic) bond motifs is 1. The van der Waals surface area contributed by atoms with Crippen LogP contribution in [0.15, 0.2) is 54.7 Å². The summed E-state index contributed by atoms with van der Waals surface area (Å²) >= 11 is 10.3. The molecule has 6 nitrogen and oxygen atoms in total. The average Bonchev–Trinajstić information content (AvgIpc) is 3.16. The molecule has 8 heteroatoms. The van der Waals surface area contributed by atoms with Crippen LogP contribution in [0.4, 0.5) is 0 Å². The molecular weight excluding hydrogens is 422 g/mol. The third-order valence-electron chi connectivity index (χ3n) is 4.84. The van der Waals surface area contributed by atoms with Crippen molar-refractivity contribution in [2.24, 2.45) is 0 Å². The van der Waals surface area contributed by atoms with Crippen molar-refractivity contribution in [1.82, 2.24) is 15.6 Å². The highest BCUT2D eigenvalue weighted by atomic mass is 35.5. The minimum Gasteiger partial charge on any atom is -0.467 e. The predicted octanol–water partition coefficient (Wildman–Crippen LogP) is 3.11. The van der Waals surface area contributed by atoms with Gasteiger partial charge in [0.25, 0.3) is 0 Å². The smallest absolute Gasteiger partial charge is 0.328 e. The van der Waals surface area contributed by atoms with Gasteiger partial charge in [-0.25, -0.2) is 4.79 Å². The number of nitrogens with one attached hydrogen (secondary N) is 3. The SMILES string of the molecule is COC(=O)[C@H](Cc1c[nH]c2ccccc12)NC(=O)[C@H](CS)NCc1cccc(Cl)c1. The molecule has 3 aromatic rings. The Bertz CT molecular complexity index is 1020. The number of para-hydroxylation sites is 1. The van der Waals surface area contributed by atoms with Gasteiger partial charge >= 0.3 is 5.97 Å². The number of halogens is 1. The van der Waals surface area contributed by atoms with Gasteiger partial charge in [0.15, 0.2) is 0 Å². The number of methoxy groups -OCH3 is 1. The van der Waals surface area contributed by atoms with Gasteiger partial charge in [-0.1, -0.05) is 41.9 Å². The Labute approximate surface area is 185 Å². The van der Waals surface area contributed by atoms with E-state index in [9.17, 15) is 9.59 Å². The summed E-state index contributed by atoms with van der Waals surface area (Å²) in [4.78, 5) is 28.3. The topological polar surface area (TPSA) is 83.2 Å². The van der Waals surface area contributed by atoms with Crippen molar-refractivity contribution < 1.29 is 14.3 Å². The number of carbonyl (C=O) groups is 2. The molecule has 0 fully saturated rings. The van der Waals surface area contributed by atoms with E-state index in [2.05, 4.69) is 28.2 Å². The highest BCUT2D eigenvalue weighted by Crippen LogP contribution is 2.19. The summed E-state index contributed by atoms with van der Waals surface area (Å²) in [6, 6.07) is 13.8. The monoisotopic (exact) mass is 445 g/mol. The molecule has 0 saturated heterocycles. The van der Waals surface area contributed by atoms with E-state index in [1.165, 1.54) is 7.11 Å². The molecule has 3 N–H and O–H groups in total. The number of benzene rings is 2. The maximum absolute atomic E-state index is 12.8. The number of hydrogen-bond donors (Lipinski definition) is 4. The Morgan fingerprint density at radius 3 is 2.70 bits per heavy atom. The van der Waals surface area contributed by atoms with Crippen LogP contribution in [0.2, 0.25) is 5.02 Å². The second-order valence-electron chi connectivity index (χ2n) is 6.89. The molecule has 0 bridgehead atoms. The Morgan fingerprint density at radius 2 is 1.97 bits per heavy atom. The van der Waals surface area contributed by atoms with Crippen molar-refractivity contribution in [3.8, 4) is 0 Å². The first-order valence-corrected chi connectivity index (χ1v) is 10.5. The second-order valence-corrected chi connectivity index (χ2v) is 7.70. The Balaban J connectivity index is 1.68. The van der Waals surface area contributed by atoms with Crippen molar-refractivity contribution in [2.75, 3.05) is 12.9 Å². The fourth-order valence-electron chi connectivity index (χ4n) is 3.26. The molecule has 0 saturated carbocycles. The number of aromatic nitrogens is 1. The van der Waals surface area contributed by atoms with E-state index in [1.54, 1.807) is 6.07 Å². The summed E-state index contributed by atoms with van der Waals surface area (Å²) in [7, 11) is 1.31. The third kappa shape index (κ3) is 5.56. The molecule has 2 atom stereocenters. The maximum Gasteiger partial charge on any atom is 0.328 e. The van der Waals surface area contributed by atoms with Crippen molar-refractivity contribution in [3.05, 3.63) is 70.9 Å². The molecular formula is C22H24ClN3O3S. The van der Waals surface area contributed by atoms with E-state index >= 15 is 0 Å². The number of carbonyl (C=O) groups excluding carboxylic acids is 2. The van der Waals surface area contributed by atoms with Crippen LogP contribution in [0.5, 0.6) is 0 Å². The van der Waals surface area contributed by atoms with E-state index in [0.717, 1.165) is 22.0 Å². The van der Waals surface area contributed by atoms with Crippen LogP contribution in [0.1, 0.15) is 11.1 Å². The van der Waals surface area contributed by atoms with Gasteiger partial charge in [-0.05, 0) is 29.3 Å². The molecule has 0 unspecified atom stereocenters. The summed E-state index contributed by atoms with van der Waals surface area (Å²) < 4.78 is 4.91. The van der Waals surface area contributed by atoms with Gasteiger partial charge in [0.2, 0.25) is 5.91 Å². The molecule has 0 aliphatic carbocycles. The fourth-order valence-corrected chi connectivity index (χ4v) is 3.76. The summed E-state index contributed by atoms with van der Waals surface area (Å²) in [5.74, 6) is -0.545. The van der Waals surface area contributed by atoms with Crippen LogP contribution in [0.25, 0.3) is 10.9 Å². The van der Waals surface area contributed by atoms with Gasteiger partial charge in [-0.3, -0.25) is 4.79 Å². The number of amides is 1. The van der Waals surface area contributed by atoms with Gasteiger partial charge in [0.05, 0.1) is 13.2 Å². The lowest BCUT2D eigenvalue weighted by Crippen LogP contribution is -2.51. The first kappa shape index (κ1) is 22.2. The quantitative estimate of drug-likeness (QED) is 0.301. The number of H-pyrrole nitrogens is 1. The molecule has 30 heavy (non-hydrogen) atoms. The zero-order valence-electron chi connectivity index (χ0n) is 16.5. The van der Waals surface area contributed by atoms with Crippen LogP contribution < -0.4 is 10.6 Å². The highest BCUT2D eigenvalue weighted by Gasteiger charge is 2.26. The number of ether oxygens (including phenoxy) is 1. The van der Waals surface area contributed by atoms with Gasteiger partial charge in [0, 0.05) is 40.8 Å². The number of aromatic amines is 1. The van der Waals surface area contributed by atoms with E-state index in [-0.39, 0.29) is 11.7 Å². The van der Waals surface area contributed by atoms with E-state index in [4.69, 9.17) is 16.3 Å². The molecule has 1 amide bonds. The fraction of sp³-hybridized carbons (Fsp3) is 0.273. The van der Waals surface area contributed by atoms with E-state index < -0.39 is 18.1 Å². The standard InChI is InChI=1S/C22H24ClN3O3S/c1-29-22(28)19(10-15-12-25-18-8-3-2-7-17(15)18)26-21(27)20(13-30)24-11-14-5-4-6-16(23)9-14/h2-9,12,19-20,24-25,30H,10-11,13H2,1H3,(H,26,27)/t19-,20-/m0/s1. The predicted molar refractivity (Wildman–Crippen MR) is 122 cm³/mol. The van der Waals surface area contributed by atoms with Crippen molar-refractivity contribution in [3.63, 3.8) is 0 Å². The number of hydrogen-bond acceptors (Lipinski definition) is 5. The van der Waals surface area contributed by atoms with Crippen molar-refractivity contribution >= 4 is 47.0 Å². The summed E-state index contributed by atoms with van der Waals surface area (Å²) in [5.41, 5.74) is 2.85. The first-order chi connectivity index (χ1) is 14.5. The summed E-state index contributed by atoms with van der Waals surface area (Å²) in [6.07, 6.45) is 2.16. The number of esters is 1. The largest absolute Gasteiger partial charge is 0.467 e. The molecule has 0 radical (unpaired) electrons. The Kier molecular flexibility index (Phi) is 7.79.